The first-order valence-corrected chi connectivity index (χ1v) is 8.59. The zero-order valence-corrected chi connectivity index (χ0v) is 14.4. The molecule has 126 valence electrons. The number of thioether (sulfide) groups is 1. The average molecular weight is 328 g/mol. The first-order valence-electron chi connectivity index (χ1n) is 7.77. The van der Waals surface area contributed by atoms with Gasteiger partial charge in [0, 0.05) is 32.6 Å². The Bertz CT molecular complexity index is 473. The number of hydrogen-bond acceptors (Lipinski definition) is 5. The number of aliphatic imine (C=N–C) groups is 1. The lowest BCUT2D eigenvalue weighted by atomic mass is 9.95. The Morgan fingerprint density at radius 2 is 2.00 bits per heavy atom. The number of amides is 1. The Kier molecular flexibility index (Phi) is 5.63. The summed E-state index contributed by atoms with van der Waals surface area (Å²) in [5, 5.41) is 8.53. The van der Waals surface area contributed by atoms with Gasteiger partial charge < -0.3 is 10.5 Å². The number of nitrogens with two attached hydrogens (primary N) is 1. The molecule has 2 fully saturated rings. The topological polar surface area (TPSA) is 91.8 Å². The highest BCUT2D eigenvalue weighted by molar-refractivity contribution is 8.26. The van der Waals surface area contributed by atoms with E-state index in [4.69, 9.17) is 15.9 Å². The van der Waals surface area contributed by atoms with Gasteiger partial charge in [0.15, 0.2) is 5.17 Å². The fraction of sp³-hybridized carbons (Fsp3) is 0.800. The number of carbonyl (C=O) groups is 1. The summed E-state index contributed by atoms with van der Waals surface area (Å²) < 4.78 is 5.37. The van der Waals surface area contributed by atoms with Gasteiger partial charge in [-0.2, -0.15) is 4.99 Å². The maximum absolute atomic E-state index is 12.3. The van der Waals surface area contributed by atoms with Crippen LogP contribution in [0.1, 0.15) is 41.5 Å². The van der Waals surface area contributed by atoms with Crippen LogP contribution in [0.15, 0.2) is 4.99 Å². The first kappa shape index (κ1) is 17.4. The second-order valence-corrected chi connectivity index (χ2v) is 7.89. The van der Waals surface area contributed by atoms with Gasteiger partial charge in [0.1, 0.15) is 0 Å². The molecule has 0 aromatic carbocycles. The first-order chi connectivity index (χ1) is 10.3. The molecule has 0 spiro atoms. The monoisotopic (exact) mass is 328 g/mol. The predicted molar refractivity (Wildman–Crippen MR) is 92.5 cm³/mol. The third kappa shape index (κ3) is 4.30. The molecule has 2 aliphatic heterocycles. The van der Waals surface area contributed by atoms with Crippen LogP contribution in [-0.2, 0) is 9.53 Å². The number of hydrogen-bond donors (Lipinski definition) is 2. The number of nitrogens with one attached hydrogen (secondary N) is 1. The Balaban J connectivity index is 0.00000264. The van der Waals surface area contributed by atoms with Crippen LogP contribution in [0.2, 0.25) is 0 Å². The van der Waals surface area contributed by atoms with Crippen molar-refractivity contribution in [3.63, 3.8) is 0 Å². The molecule has 2 rings (SSSR count). The van der Waals surface area contributed by atoms with Crippen molar-refractivity contribution >= 4 is 27.9 Å². The van der Waals surface area contributed by atoms with Crippen LogP contribution in [0.25, 0.3) is 0 Å². The molecular weight excluding hydrogens is 300 g/mol. The second kappa shape index (κ2) is 7.10. The zero-order valence-electron chi connectivity index (χ0n) is 13.6. The van der Waals surface area contributed by atoms with E-state index >= 15 is 0 Å². The molecule has 0 unspecified atom stereocenters. The summed E-state index contributed by atoms with van der Waals surface area (Å²) in [7, 11) is 0. The van der Waals surface area contributed by atoms with E-state index in [1.54, 1.807) is 0 Å². The van der Waals surface area contributed by atoms with Gasteiger partial charge in [-0.3, -0.25) is 15.1 Å². The highest BCUT2D eigenvalue weighted by Crippen LogP contribution is 2.28. The third-order valence-corrected chi connectivity index (χ3v) is 5.23. The number of ether oxygens (including phenoxy) is 1. The van der Waals surface area contributed by atoms with E-state index in [2.05, 4.69) is 9.89 Å². The molecule has 6 nitrogen and oxygen atoms in total. The van der Waals surface area contributed by atoms with Crippen molar-refractivity contribution in [3.05, 3.63) is 0 Å². The van der Waals surface area contributed by atoms with Gasteiger partial charge >= 0.3 is 0 Å². The molecule has 0 radical (unpaired) electrons. The van der Waals surface area contributed by atoms with E-state index in [9.17, 15) is 4.79 Å². The van der Waals surface area contributed by atoms with Crippen LogP contribution in [0.5, 0.6) is 0 Å². The number of likely N-dealkylation sites (tertiary alicyclic amines) is 1. The van der Waals surface area contributed by atoms with E-state index in [-0.39, 0.29) is 24.0 Å². The molecule has 1 atom stereocenters. The van der Waals surface area contributed by atoms with Crippen LogP contribution in [-0.4, -0.2) is 52.9 Å². The molecule has 2 heterocycles. The van der Waals surface area contributed by atoms with Crippen molar-refractivity contribution < 1.29 is 11.0 Å². The number of amidine groups is 1. The molecule has 0 saturated carbocycles. The van der Waals surface area contributed by atoms with Gasteiger partial charge in [0.2, 0.25) is 0 Å². The van der Waals surface area contributed by atoms with Crippen molar-refractivity contribution in [3.8, 4) is 0 Å². The van der Waals surface area contributed by atoms with Gasteiger partial charge in [-0.15, -0.1) is 0 Å². The van der Waals surface area contributed by atoms with Crippen LogP contribution in [0, 0.1) is 10.8 Å². The zero-order chi connectivity index (χ0) is 16.3. The smallest absolute Gasteiger partial charge is 0.265 e. The van der Waals surface area contributed by atoms with Crippen molar-refractivity contribution in [1.29, 1.82) is 5.41 Å². The highest BCUT2D eigenvalue weighted by Gasteiger charge is 2.39. The standard InChI is InChI=1S/C15H26N4O2S.H2/c1-15(2,3)13(16)22-14(17)18-12(20)11-4-7-19(11)10-5-8-21-9-6-10;/h10-11,16H,4-9H2,1-3H3,(H2,17,18,20);1H/t11-;/m0./s1. The van der Waals surface area contributed by atoms with Crippen LogP contribution in [0.4, 0.5) is 0 Å². The summed E-state index contributed by atoms with van der Waals surface area (Å²) in [6.07, 6.45) is 2.80. The Morgan fingerprint density at radius 1 is 1.36 bits per heavy atom. The summed E-state index contributed by atoms with van der Waals surface area (Å²) in [6, 6.07) is 0.277. The molecule has 1 amide bonds. The van der Waals surface area contributed by atoms with E-state index in [0.29, 0.717) is 11.1 Å². The molecule has 3 N–H and O–H groups in total. The summed E-state index contributed by atoms with van der Waals surface area (Å²) in [5.74, 6) is -0.176. The van der Waals surface area contributed by atoms with Crippen LogP contribution >= 0.6 is 11.8 Å². The maximum atomic E-state index is 12.3. The lowest BCUT2D eigenvalue weighted by Gasteiger charge is -2.45. The number of rotatable bonds is 2. The normalized spacial score (nSPS) is 24.9. The number of nitrogens with zero attached hydrogens (tertiary/aromatic N) is 2. The fourth-order valence-corrected chi connectivity index (χ4v) is 3.24. The SMILES string of the molecule is CC(C)(C)C(=N)SC(N)=NC(=O)[C@@H]1CCN1C1CCOCC1.[HH]. The van der Waals surface area contributed by atoms with Crippen molar-refractivity contribution in [1.82, 2.24) is 4.90 Å². The summed E-state index contributed by atoms with van der Waals surface area (Å²) in [6.45, 7) is 8.31. The second-order valence-electron chi connectivity index (χ2n) is 6.86. The summed E-state index contributed by atoms with van der Waals surface area (Å²) in [4.78, 5) is 18.5. The minimum Gasteiger partial charge on any atom is -0.381 e. The molecular formula is C15H28N4O2S. The number of carbonyl (C=O) groups excluding carboxylic acids is 1. The fourth-order valence-electron chi connectivity index (χ4n) is 2.59. The molecule has 7 heteroatoms. The molecule has 0 aliphatic carbocycles. The Morgan fingerprint density at radius 3 is 2.50 bits per heavy atom. The minimum absolute atomic E-state index is 0. The van der Waals surface area contributed by atoms with Gasteiger partial charge in [-0.25, -0.2) is 0 Å². The van der Waals surface area contributed by atoms with Gasteiger partial charge in [0.05, 0.1) is 11.1 Å². The van der Waals surface area contributed by atoms with Crippen LogP contribution in [0.3, 0.4) is 0 Å². The van der Waals surface area contributed by atoms with Crippen molar-refractivity contribution in [2.24, 2.45) is 16.1 Å². The Hall–Kier alpha value is -0.920. The lowest BCUT2D eigenvalue weighted by Crippen LogP contribution is -2.57. The highest BCUT2D eigenvalue weighted by atomic mass is 32.2. The Labute approximate surface area is 137 Å². The van der Waals surface area contributed by atoms with E-state index < -0.39 is 0 Å². The lowest BCUT2D eigenvalue weighted by molar-refractivity contribution is -0.130. The summed E-state index contributed by atoms with van der Waals surface area (Å²) >= 11 is 1.08. The molecule has 22 heavy (non-hydrogen) atoms. The van der Waals surface area contributed by atoms with Crippen molar-refractivity contribution in [2.75, 3.05) is 19.8 Å². The van der Waals surface area contributed by atoms with E-state index in [1.165, 1.54) is 0 Å². The molecule has 2 aliphatic rings. The summed E-state index contributed by atoms with van der Waals surface area (Å²) in [5.41, 5.74) is 5.55. The molecule has 0 aromatic heterocycles. The largest absolute Gasteiger partial charge is 0.381 e. The van der Waals surface area contributed by atoms with Gasteiger partial charge in [-0.1, -0.05) is 20.8 Å². The third-order valence-electron chi connectivity index (χ3n) is 4.11. The van der Waals surface area contributed by atoms with E-state index in [1.807, 2.05) is 20.8 Å². The van der Waals surface area contributed by atoms with Gasteiger partial charge in [0.25, 0.3) is 5.91 Å². The molecule has 2 saturated heterocycles. The maximum Gasteiger partial charge on any atom is 0.265 e. The van der Waals surface area contributed by atoms with Crippen molar-refractivity contribution in [2.45, 2.75) is 52.1 Å². The van der Waals surface area contributed by atoms with Gasteiger partial charge in [-0.05, 0) is 31.0 Å². The molecule has 0 aromatic rings. The quantitative estimate of drug-likeness (QED) is 0.598. The average Bonchev–Trinajstić information content (AvgIpc) is 2.37. The molecule has 0 bridgehead atoms. The minimum atomic E-state index is -0.279. The van der Waals surface area contributed by atoms with E-state index in [0.717, 1.165) is 50.8 Å². The predicted octanol–water partition coefficient (Wildman–Crippen LogP) is 2.08. The van der Waals surface area contributed by atoms with Crippen LogP contribution < -0.4 is 5.73 Å².